The number of hydrogen-bond donors (Lipinski definition) is 1. The van der Waals surface area contributed by atoms with Crippen LogP contribution in [0.25, 0.3) is 0 Å². The largest absolute Gasteiger partial charge is 0.356 e. The highest BCUT2D eigenvalue weighted by Gasteiger charge is 2.30. The van der Waals surface area contributed by atoms with Crippen LogP contribution in [0, 0.1) is 11.8 Å². The third-order valence-electron chi connectivity index (χ3n) is 4.19. The highest BCUT2D eigenvalue weighted by atomic mass is 16.2. The van der Waals surface area contributed by atoms with Crippen molar-refractivity contribution in [2.24, 2.45) is 11.8 Å². The molecule has 1 heterocycles. The first-order valence-corrected chi connectivity index (χ1v) is 7.85. The molecule has 1 aliphatic carbocycles. The summed E-state index contributed by atoms with van der Waals surface area (Å²) in [5.74, 6) is 0.897. The summed E-state index contributed by atoms with van der Waals surface area (Å²) in [5, 5.41) is 3.04. The number of carbonyl (C=O) groups excluding carboxylic acids is 2. The van der Waals surface area contributed by atoms with Crippen molar-refractivity contribution in [1.82, 2.24) is 10.2 Å². The third-order valence-corrected chi connectivity index (χ3v) is 4.19. The predicted molar refractivity (Wildman–Crippen MR) is 79.1 cm³/mol. The van der Waals surface area contributed by atoms with E-state index in [9.17, 15) is 9.59 Å². The molecule has 20 heavy (non-hydrogen) atoms. The van der Waals surface area contributed by atoms with Gasteiger partial charge in [0.2, 0.25) is 11.8 Å². The van der Waals surface area contributed by atoms with Crippen molar-refractivity contribution in [3.05, 3.63) is 11.6 Å². The highest BCUT2D eigenvalue weighted by Crippen LogP contribution is 2.28. The molecule has 2 amide bonds. The fourth-order valence-electron chi connectivity index (χ4n) is 2.73. The third kappa shape index (κ3) is 4.09. The van der Waals surface area contributed by atoms with E-state index >= 15 is 0 Å². The predicted octanol–water partition coefficient (Wildman–Crippen LogP) is 2.11. The Bertz CT molecular complexity index is 399. The zero-order valence-corrected chi connectivity index (χ0v) is 12.7. The van der Waals surface area contributed by atoms with E-state index in [4.69, 9.17) is 0 Å². The van der Waals surface area contributed by atoms with Crippen molar-refractivity contribution in [3.8, 4) is 0 Å². The van der Waals surface area contributed by atoms with E-state index < -0.39 is 0 Å². The van der Waals surface area contributed by atoms with Crippen molar-refractivity contribution >= 4 is 11.8 Å². The molecule has 4 nitrogen and oxygen atoms in total. The zero-order chi connectivity index (χ0) is 14.5. The first-order valence-electron chi connectivity index (χ1n) is 7.85. The molecule has 1 saturated heterocycles. The van der Waals surface area contributed by atoms with Crippen LogP contribution in [0.4, 0.5) is 0 Å². The second kappa shape index (κ2) is 6.91. The molecule has 2 fully saturated rings. The molecule has 1 saturated carbocycles. The van der Waals surface area contributed by atoms with E-state index in [2.05, 4.69) is 5.32 Å². The van der Waals surface area contributed by atoms with Crippen molar-refractivity contribution < 1.29 is 9.59 Å². The summed E-state index contributed by atoms with van der Waals surface area (Å²) in [6.45, 7) is 6.06. The van der Waals surface area contributed by atoms with Gasteiger partial charge in [0.15, 0.2) is 0 Å². The second-order valence-corrected chi connectivity index (χ2v) is 6.07. The Morgan fingerprint density at radius 3 is 2.70 bits per heavy atom. The molecular formula is C16H26N2O2. The van der Waals surface area contributed by atoms with Gasteiger partial charge in [0.1, 0.15) is 0 Å². The molecule has 1 atom stereocenters. The quantitative estimate of drug-likeness (QED) is 0.783. The van der Waals surface area contributed by atoms with Gasteiger partial charge < -0.3 is 10.2 Å². The number of allylic oxidation sites excluding steroid dienone is 1. The van der Waals surface area contributed by atoms with Gasteiger partial charge in [0.25, 0.3) is 0 Å². The fourth-order valence-corrected chi connectivity index (χ4v) is 2.73. The first kappa shape index (κ1) is 15.1. The minimum atomic E-state index is -0.0270. The number of likely N-dealkylation sites (tertiary alicyclic amines) is 1. The number of nitrogens with one attached hydrogen (secondary N) is 1. The van der Waals surface area contributed by atoms with Gasteiger partial charge >= 0.3 is 0 Å². The van der Waals surface area contributed by atoms with Crippen LogP contribution >= 0.6 is 0 Å². The molecular weight excluding hydrogens is 252 g/mol. The Hall–Kier alpha value is -1.32. The van der Waals surface area contributed by atoms with Gasteiger partial charge in [-0.1, -0.05) is 13.0 Å². The topological polar surface area (TPSA) is 49.4 Å². The molecule has 0 aromatic heterocycles. The summed E-state index contributed by atoms with van der Waals surface area (Å²) in [6.07, 6.45) is 7.15. The van der Waals surface area contributed by atoms with Crippen molar-refractivity contribution in [1.29, 1.82) is 0 Å². The molecule has 112 valence electrons. The SMILES string of the molecule is CC/C=C(/C)C(=O)N1CCC[C@@H](C(=O)NCC2CC2)C1. The average Bonchev–Trinajstić information content (AvgIpc) is 3.28. The van der Waals surface area contributed by atoms with Crippen LogP contribution in [0.3, 0.4) is 0 Å². The van der Waals surface area contributed by atoms with Crippen molar-refractivity contribution in [2.45, 2.75) is 46.0 Å². The Morgan fingerprint density at radius 2 is 2.05 bits per heavy atom. The van der Waals surface area contributed by atoms with Gasteiger partial charge in [0, 0.05) is 25.2 Å². The second-order valence-electron chi connectivity index (χ2n) is 6.07. The Labute approximate surface area is 121 Å². The number of hydrogen-bond acceptors (Lipinski definition) is 2. The molecule has 0 bridgehead atoms. The molecule has 4 heteroatoms. The summed E-state index contributed by atoms with van der Waals surface area (Å²) in [4.78, 5) is 26.2. The normalized spacial score (nSPS) is 23.6. The lowest BCUT2D eigenvalue weighted by Crippen LogP contribution is -2.46. The van der Waals surface area contributed by atoms with Crippen LogP contribution in [0.2, 0.25) is 0 Å². The number of piperidine rings is 1. The van der Waals surface area contributed by atoms with Crippen LogP contribution in [0.5, 0.6) is 0 Å². The van der Waals surface area contributed by atoms with Crippen LogP contribution in [0.1, 0.15) is 46.0 Å². The van der Waals surface area contributed by atoms with E-state index in [1.54, 1.807) is 0 Å². The van der Waals surface area contributed by atoms with E-state index in [1.807, 2.05) is 24.8 Å². The summed E-state index contributed by atoms with van der Waals surface area (Å²) in [7, 11) is 0. The smallest absolute Gasteiger partial charge is 0.249 e. The number of nitrogens with zero attached hydrogens (tertiary/aromatic N) is 1. The molecule has 0 unspecified atom stereocenters. The number of rotatable bonds is 5. The van der Waals surface area contributed by atoms with Gasteiger partial charge in [-0.05, 0) is 44.9 Å². The summed E-state index contributed by atoms with van der Waals surface area (Å²) in [5.41, 5.74) is 0.798. The molecule has 0 radical (unpaired) electrons. The van der Waals surface area contributed by atoms with Crippen LogP contribution in [-0.4, -0.2) is 36.3 Å². The molecule has 0 spiro atoms. The monoisotopic (exact) mass is 278 g/mol. The average molecular weight is 278 g/mol. The van der Waals surface area contributed by atoms with Gasteiger partial charge in [-0.15, -0.1) is 0 Å². The first-order chi connectivity index (χ1) is 9.61. The van der Waals surface area contributed by atoms with Crippen LogP contribution in [0.15, 0.2) is 11.6 Å². The molecule has 1 N–H and O–H groups in total. The standard InChI is InChI=1S/C16H26N2O2/c1-3-5-12(2)16(20)18-9-4-6-14(11-18)15(19)17-10-13-7-8-13/h5,13-14H,3-4,6-11H2,1-2H3,(H,17,19)/b12-5-/t14-/m1/s1. The van der Waals surface area contributed by atoms with E-state index in [0.717, 1.165) is 37.9 Å². The lowest BCUT2D eigenvalue weighted by atomic mass is 9.96. The van der Waals surface area contributed by atoms with Crippen molar-refractivity contribution in [3.63, 3.8) is 0 Å². The lowest BCUT2D eigenvalue weighted by Gasteiger charge is -2.32. The Kier molecular flexibility index (Phi) is 5.21. The van der Waals surface area contributed by atoms with Gasteiger partial charge in [-0.25, -0.2) is 0 Å². The lowest BCUT2D eigenvalue weighted by molar-refractivity contribution is -0.132. The van der Waals surface area contributed by atoms with Gasteiger partial charge in [-0.2, -0.15) is 0 Å². The maximum Gasteiger partial charge on any atom is 0.249 e. The molecule has 2 rings (SSSR count). The summed E-state index contributed by atoms with van der Waals surface area (Å²) < 4.78 is 0. The zero-order valence-electron chi connectivity index (χ0n) is 12.7. The molecule has 1 aliphatic heterocycles. The maximum atomic E-state index is 12.3. The highest BCUT2D eigenvalue weighted by molar-refractivity contribution is 5.93. The molecule has 0 aromatic rings. The van der Waals surface area contributed by atoms with E-state index in [1.165, 1.54) is 12.8 Å². The maximum absolute atomic E-state index is 12.3. The summed E-state index contributed by atoms with van der Waals surface area (Å²) in [6, 6.07) is 0. The van der Waals surface area contributed by atoms with Gasteiger partial charge in [0.05, 0.1) is 5.92 Å². The van der Waals surface area contributed by atoms with E-state index in [-0.39, 0.29) is 17.7 Å². The van der Waals surface area contributed by atoms with Crippen molar-refractivity contribution in [2.75, 3.05) is 19.6 Å². The minimum absolute atomic E-state index is 0.0270. The number of carbonyl (C=O) groups is 2. The van der Waals surface area contributed by atoms with Gasteiger partial charge in [-0.3, -0.25) is 9.59 Å². The Morgan fingerprint density at radius 1 is 1.30 bits per heavy atom. The fraction of sp³-hybridized carbons (Fsp3) is 0.750. The minimum Gasteiger partial charge on any atom is -0.356 e. The Balaban J connectivity index is 1.85. The van der Waals surface area contributed by atoms with E-state index in [0.29, 0.717) is 12.5 Å². The van der Waals surface area contributed by atoms with Crippen LogP contribution in [-0.2, 0) is 9.59 Å². The molecule has 0 aromatic carbocycles. The summed E-state index contributed by atoms with van der Waals surface area (Å²) >= 11 is 0. The molecule has 2 aliphatic rings. The number of amides is 2. The van der Waals surface area contributed by atoms with Crippen LogP contribution < -0.4 is 5.32 Å².